The van der Waals surface area contributed by atoms with Gasteiger partial charge >= 0.3 is 6.03 Å². The highest BCUT2D eigenvalue weighted by Gasteiger charge is 2.44. The molecule has 2 fully saturated rings. The Morgan fingerprint density at radius 1 is 1.23 bits per heavy atom. The number of piperidine rings is 1. The van der Waals surface area contributed by atoms with Crippen LogP contribution in [0.5, 0.6) is 5.75 Å². The lowest BCUT2D eigenvalue weighted by molar-refractivity contribution is -0.0292. The van der Waals surface area contributed by atoms with Crippen molar-refractivity contribution < 1.29 is 9.53 Å². The van der Waals surface area contributed by atoms with Crippen LogP contribution in [0.3, 0.4) is 0 Å². The highest BCUT2D eigenvalue weighted by molar-refractivity contribution is 5.75. The lowest BCUT2D eigenvalue weighted by Crippen LogP contribution is -2.58. The summed E-state index contributed by atoms with van der Waals surface area (Å²) in [6.45, 7) is 3.00. The van der Waals surface area contributed by atoms with Crippen LogP contribution in [0.1, 0.15) is 70.3 Å². The topological polar surface area (TPSA) is 41.6 Å². The zero-order valence-corrected chi connectivity index (χ0v) is 16.0. The number of carbonyl (C=O) groups excluding carboxylic acids is 1. The molecular weight excluding hydrogens is 324 g/mol. The standard InChI is InChI=1S/C22H32N2O2/c1-2-19-16-22(13-12-17-8-6-7-11-20(17)26-22)14-15-24(19)21(25)23-18-9-4-3-5-10-18/h6-8,11,18-19H,2-5,9-10,12-16H2,1H3,(H,23,25). The minimum Gasteiger partial charge on any atom is -0.487 e. The van der Waals surface area contributed by atoms with E-state index in [1.54, 1.807) is 0 Å². The van der Waals surface area contributed by atoms with Crippen molar-refractivity contribution in [2.24, 2.45) is 0 Å². The van der Waals surface area contributed by atoms with E-state index in [-0.39, 0.29) is 17.7 Å². The van der Waals surface area contributed by atoms with Gasteiger partial charge in [-0.05, 0) is 43.7 Å². The summed E-state index contributed by atoms with van der Waals surface area (Å²) >= 11 is 0. The first kappa shape index (κ1) is 17.7. The minimum absolute atomic E-state index is 0.0867. The van der Waals surface area contributed by atoms with Crippen LogP contribution in [-0.4, -0.2) is 35.2 Å². The van der Waals surface area contributed by atoms with Crippen LogP contribution in [0.25, 0.3) is 0 Å². The van der Waals surface area contributed by atoms with Gasteiger partial charge in [-0.1, -0.05) is 44.4 Å². The predicted octanol–water partition coefficient (Wildman–Crippen LogP) is 4.67. The quantitative estimate of drug-likeness (QED) is 0.837. The summed E-state index contributed by atoms with van der Waals surface area (Å²) in [5.41, 5.74) is 1.24. The van der Waals surface area contributed by atoms with Crippen molar-refractivity contribution >= 4 is 6.03 Å². The van der Waals surface area contributed by atoms with Crippen molar-refractivity contribution in [2.45, 2.75) is 88.8 Å². The number of carbonyl (C=O) groups is 1. The van der Waals surface area contributed by atoms with E-state index in [9.17, 15) is 4.79 Å². The Balaban J connectivity index is 1.41. The van der Waals surface area contributed by atoms with Gasteiger partial charge in [-0.15, -0.1) is 0 Å². The fourth-order valence-corrected chi connectivity index (χ4v) is 5.06. The van der Waals surface area contributed by atoms with E-state index in [2.05, 4.69) is 41.4 Å². The predicted molar refractivity (Wildman–Crippen MR) is 104 cm³/mol. The first-order chi connectivity index (χ1) is 12.7. The molecule has 4 rings (SSSR count). The zero-order chi connectivity index (χ0) is 18.0. The van der Waals surface area contributed by atoms with Gasteiger partial charge in [0.1, 0.15) is 11.4 Å². The van der Waals surface area contributed by atoms with E-state index in [4.69, 9.17) is 4.74 Å². The number of benzene rings is 1. The van der Waals surface area contributed by atoms with Crippen LogP contribution in [-0.2, 0) is 6.42 Å². The normalized spacial score (nSPS) is 29.1. The molecule has 2 atom stereocenters. The Morgan fingerprint density at radius 2 is 2.04 bits per heavy atom. The number of urea groups is 1. The van der Waals surface area contributed by atoms with Crippen LogP contribution in [0.15, 0.2) is 24.3 Å². The number of aryl methyl sites for hydroxylation is 1. The monoisotopic (exact) mass is 356 g/mol. The van der Waals surface area contributed by atoms with Gasteiger partial charge in [-0.2, -0.15) is 0 Å². The molecule has 0 bridgehead atoms. The molecule has 1 N–H and O–H groups in total. The van der Waals surface area contributed by atoms with Crippen LogP contribution < -0.4 is 10.1 Å². The van der Waals surface area contributed by atoms with Crippen molar-refractivity contribution in [3.8, 4) is 5.75 Å². The van der Waals surface area contributed by atoms with Gasteiger partial charge in [0.2, 0.25) is 0 Å². The number of ether oxygens (including phenoxy) is 1. The van der Waals surface area contributed by atoms with E-state index in [1.165, 1.54) is 24.8 Å². The molecule has 2 heterocycles. The van der Waals surface area contributed by atoms with Gasteiger partial charge in [0.05, 0.1) is 0 Å². The molecule has 2 unspecified atom stereocenters. The maximum absolute atomic E-state index is 12.9. The Bertz CT molecular complexity index is 641. The third-order valence-electron chi connectivity index (χ3n) is 6.67. The Kier molecular flexibility index (Phi) is 5.10. The van der Waals surface area contributed by atoms with Gasteiger partial charge in [0.25, 0.3) is 0 Å². The number of nitrogens with zero attached hydrogens (tertiary/aromatic N) is 1. The Labute approximate surface area is 157 Å². The number of hydrogen-bond acceptors (Lipinski definition) is 2. The molecule has 4 nitrogen and oxygen atoms in total. The molecule has 4 heteroatoms. The molecule has 142 valence electrons. The largest absolute Gasteiger partial charge is 0.487 e. The summed E-state index contributed by atoms with van der Waals surface area (Å²) in [4.78, 5) is 15.0. The van der Waals surface area contributed by atoms with Crippen molar-refractivity contribution in [1.29, 1.82) is 0 Å². The van der Waals surface area contributed by atoms with Crippen molar-refractivity contribution in [2.75, 3.05) is 6.54 Å². The molecule has 1 aliphatic carbocycles. The van der Waals surface area contributed by atoms with Crippen LogP contribution in [0.2, 0.25) is 0 Å². The first-order valence-corrected chi connectivity index (χ1v) is 10.5. The van der Waals surface area contributed by atoms with Crippen molar-refractivity contribution in [3.05, 3.63) is 29.8 Å². The second-order valence-corrected chi connectivity index (χ2v) is 8.39. The maximum Gasteiger partial charge on any atom is 0.317 e. The third-order valence-corrected chi connectivity index (χ3v) is 6.67. The van der Waals surface area contributed by atoms with Crippen molar-refractivity contribution in [3.63, 3.8) is 0 Å². The Hall–Kier alpha value is -1.71. The number of hydrogen-bond donors (Lipinski definition) is 1. The average Bonchev–Trinajstić information content (AvgIpc) is 2.68. The molecule has 1 aromatic carbocycles. The molecule has 26 heavy (non-hydrogen) atoms. The maximum atomic E-state index is 12.9. The number of fused-ring (bicyclic) bond motifs is 1. The lowest BCUT2D eigenvalue weighted by Gasteiger charge is -2.48. The number of likely N-dealkylation sites (tertiary alicyclic amines) is 1. The number of rotatable bonds is 2. The molecule has 2 aliphatic heterocycles. The number of amides is 2. The minimum atomic E-state index is -0.0867. The molecule has 2 amide bonds. The second-order valence-electron chi connectivity index (χ2n) is 8.39. The average molecular weight is 357 g/mol. The molecule has 1 saturated carbocycles. The zero-order valence-electron chi connectivity index (χ0n) is 16.0. The van der Waals surface area contributed by atoms with E-state index in [0.29, 0.717) is 6.04 Å². The molecule has 0 radical (unpaired) electrons. The third kappa shape index (κ3) is 3.56. The van der Waals surface area contributed by atoms with Crippen molar-refractivity contribution in [1.82, 2.24) is 10.2 Å². The lowest BCUT2D eigenvalue weighted by atomic mass is 9.79. The van der Waals surface area contributed by atoms with Gasteiger partial charge in [0.15, 0.2) is 0 Å². The van der Waals surface area contributed by atoms with E-state index in [1.807, 2.05) is 0 Å². The first-order valence-electron chi connectivity index (χ1n) is 10.5. The van der Waals surface area contributed by atoms with Gasteiger partial charge < -0.3 is 15.0 Å². The summed E-state index contributed by atoms with van der Waals surface area (Å²) in [5, 5.41) is 3.31. The fourth-order valence-electron chi connectivity index (χ4n) is 5.06. The van der Waals surface area contributed by atoms with Crippen LogP contribution in [0.4, 0.5) is 4.79 Å². The summed E-state index contributed by atoms with van der Waals surface area (Å²) in [6.07, 6.45) is 11.1. The summed E-state index contributed by atoms with van der Waals surface area (Å²) in [5.74, 6) is 1.05. The molecule has 1 spiro atoms. The molecular formula is C22H32N2O2. The SMILES string of the molecule is CCC1CC2(CCc3ccccc3O2)CCN1C(=O)NC1CCCCC1. The molecule has 0 aromatic heterocycles. The second kappa shape index (κ2) is 7.50. The van der Waals surface area contributed by atoms with Crippen LogP contribution in [0, 0.1) is 0 Å². The fraction of sp³-hybridized carbons (Fsp3) is 0.682. The van der Waals surface area contributed by atoms with Crippen LogP contribution >= 0.6 is 0 Å². The molecule has 1 aromatic rings. The highest BCUT2D eigenvalue weighted by Crippen LogP contribution is 2.41. The highest BCUT2D eigenvalue weighted by atomic mass is 16.5. The molecule has 3 aliphatic rings. The summed E-state index contributed by atoms with van der Waals surface area (Å²) in [7, 11) is 0. The van der Waals surface area contributed by atoms with E-state index < -0.39 is 0 Å². The van der Waals surface area contributed by atoms with Gasteiger partial charge in [-0.3, -0.25) is 0 Å². The molecule has 1 saturated heterocycles. The summed E-state index contributed by atoms with van der Waals surface area (Å²) < 4.78 is 6.51. The summed E-state index contributed by atoms with van der Waals surface area (Å²) in [6, 6.07) is 9.22. The Morgan fingerprint density at radius 3 is 2.85 bits per heavy atom. The smallest absolute Gasteiger partial charge is 0.317 e. The van der Waals surface area contributed by atoms with E-state index in [0.717, 1.165) is 57.2 Å². The van der Waals surface area contributed by atoms with E-state index >= 15 is 0 Å². The van der Waals surface area contributed by atoms with Gasteiger partial charge in [-0.25, -0.2) is 4.79 Å². The number of nitrogens with one attached hydrogen (secondary N) is 1. The number of para-hydroxylation sites is 1. The van der Waals surface area contributed by atoms with Gasteiger partial charge in [0, 0.05) is 31.5 Å².